The second-order valence-corrected chi connectivity index (χ2v) is 6.89. The van der Waals surface area contributed by atoms with Crippen LogP contribution in [0.25, 0.3) is 0 Å². The first-order valence-corrected chi connectivity index (χ1v) is 8.92. The highest BCUT2D eigenvalue weighted by Gasteiger charge is 2.31. The Morgan fingerprint density at radius 3 is 2.32 bits per heavy atom. The predicted molar refractivity (Wildman–Crippen MR) is 99.2 cm³/mol. The molecular weight excluding hydrogens is 312 g/mol. The van der Waals surface area contributed by atoms with Gasteiger partial charge in [-0.25, -0.2) is 4.79 Å². The van der Waals surface area contributed by atoms with Gasteiger partial charge < -0.3 is 15.3 Å². The number of nitrogens with zero attached hydrogens (tertiary/aromatic N) is 1. The molecule has 0 saturated heterocycles. The van der Waals surface area contributed by atoms with Crippen LogP contribution in [0.15, 0.2) is 60.7 Å². The Morgan fingerprint density at radius 1 is 1.12 bits per heavy atom. The average molecular weight is 338 g/mol. The molecule has 3 rings (SSSR count). The van der Waals surface area contributed by atoms with Crippen molar-refractivity contribution in [1.29, 1.82) is 0 Å². The Bertz CT molecular complexity index is 671. The Hall–Kier alpha value is -2.33. The average Bonchev–Trinajstić information content (AvgIpc) is 3.48. The minimum atomic E-state index is -0.417. The molecule has 2 aromatic rings. The number of urea groups is 1. The number of likely N-dealkylation sites (N-methyl/N-ethyl adjacent to an activating group) is 1. The fourth-order valence-corrected chi connectivity index (χ4v) is 3.04. The molecule has 2 aromatic carbocycles. The second-order valence-electron chi connectivity index (χ2n) is 6.89. The molecule has 4 nitrogen and oxygen atoms in total. The number of rotatable bonds is 7. The highest BCUT2D eigenvalue weighted by molar-refractivity contribution is 5.74. The molecule has 0 bridgehead atoms. The van der Waals surface area contributed by atoms with Crippen molar-refractivity contribution in [2.24, 2.45) is 5.92 Å². The molecule has 2 atom stereocenters. The molecule has 2 amide bonds. The minimum Gasteiger partial charge on any atom is -0.391 e. The van der Waals surface area contributed by atoms with Crippen LogP contribution in [0.4, 0.5) is 4.79 Å². The quantitative estimate of drug-likeness (QED) is 0.813. The number of benzene rings is 2. The number of aliphatic hydroxyl groups is 1. The van der Waals surface area contributed by atoms with Crippen molar-refractivity contribution in [3.63, 3.8) is 0 Å². The maximum atomic E-state index is 12.6. The summed E-state index contributed by atoms with van der Waals surface area (Å²) in [5, 5.41) is 13.2. The van der Waals surface area contributed by atoms with Crippen molar-refractivity contribution >= 4 is 6.03 Å². The molecule has 0 heterocycles. The van der Waals surface area contributed by atoms with Gasteiger partial charge in [-0.3, -0.25) is 0 Å². The van der Waals surface area contributed by atoms with E-state index in [4.69, 9.17) is 0 Å². The first kappa shape index (κ1) is 17.5. The molecule has 4 heteroatoms. The van der Waals surface area contributed by atoms with E-state index in [2.05, 4.69) is 17.4 Å². The Morgan fingerprint density at radius 2 is 1.72 bits per heavy atom. The lowest BCUT2D eigenvalue weighted by Gasteiger charge is -2.25. The Labute approximate surface area is 149 Å². The summed E-state index contributed by atoms with van der Waals surface area (Å²) in [6.45, 7) is 0.378. The van der Waals surface area contributed by atoms with Crippen LogP contribution in [0.2, 0.25) is 0 Å². The van der Waals surface area contributed by atoms with Crippen LogP contribution in [-0.4, -0.2) is 35.7 Å². The first-order valence-electron chi connectivity index (χ1n) is 8.92. The van der Waals surface area contributed by atoms with Crippen molar-refractivity contribution in [1.82, 2.24) is 10.2 Å². The van der Waals surface area contributed by atoms with Gasteiger partial charge in [0.05, 0.1) is 12.1 Å². The third kappa shape index (κ3) is 5.07. The summed E-state index contributed by atoms with van der Waals surface area (Å²) in [5.41, 5.74) is 2.26. The van der Waals surface area contributed by atoms with E-state index in [9.17, 15) is 9.90 Å². The highest BCUT2D eigenvalue weighted by atomic mass is 16.3. The van der Waals surface area contributed by atoms with Gasteiger partial charge in [-0.05, 0) is 36.3 Å². The smallest absolute Gasteiger partial charge is 0.317 e. The van der Waals surface area contributed by atoms with Crippen molar-refractivity contribution in [2.45, 2.75) is 31.4 Å². The lowest BCUT2D eigenvalue weighted by Crippen LogP contribution is -2.43. The van der Waals surface area contributed by atoms with Gasteiger partial charge >= 0.3 is 6.03 Å². The topological polar surface area (TPSA) is 52.6 Å². The number of carbonyl (C=O) groups is 1. The van der Waals surface area contributed by atoms with Gasteiger partial charge in [0.1, 0.15) is 0 Å². The van der Waals surface area contributed by atoms with E-state index in [-0.39, 0.29) is 12.1 Å². The van der Waals surface area contributed by atoms with Crippen molar-refractivity contribution in [3.8, 4) is 0 Å². The van der Waals surface area contributed by atoms with Crippen molar-refractivity contribution < 1.29 is 9.90 Å². The molecule has 1 aliphatic rings. The Balaban J connectivity index is 1.67. The molecule has 1 saturated carbocycles. The van der Waals surface area contributed by atoms with Crippen LogP contribution in [0.5, 0.6) is 0 Å². The van der Waals surface area contributed by atoms with E-state index in [1.807, 2.05) is 48.5 Å². The lowest BCUT2D eigenvalue weighted by molar-refractivity contribution is 0.112. The van der Waals surface area contributed by atoms with E-state index in [0.29, 0.717) is 12.5 Å². The summed E-state index contributed by atoms with van der Waals surface area (Å²) in [7, 11) is 1.74. The van der Waals surface area contributed by atoms with Crippen LogP contribution in [0, 0.1) is 5.92 Å². The maximum Gasteiger partial charge on any atom is 0.317 e. The van der Waals surface area contributed by atoms with Crippen LogP contribution in [0.1, 0.15) is 30.0 Å². The summed E-state index contributed by atoms with van der Waals surface area (Å²) < 4.78 is 0. The fourth-order valence-electron chi connectivity index (χ4n) is 3.04. The standard InChI is InChI=1S/C21H26N2O2/c1-23(15-20(24)18-12-13-18)21(25)22-19(17-10-6-3-7-11-17)14-16-8-4-2-5-9-16/h2-11,18-20,24H,12-15H2,1H3,(H,22,25). The maximum absolute atomic E-state index is 12.6. The monoisotopic (exact) mass is 338 g/mol. The minimum absolute atomic E-state index is 0.100. The number of hydrogen-bond acceptors (Lipinski definition) is 2. The number of aliphatic hydroxyl groups excluding tert-OH is 1. The van der Waals surface area contributed by atoms with E-state index < -0.39 is 6.10 Å². The molecule has 25 heavy (non-hydrogen) atoms. The molecule has 2 N–H and O–H groups in total. The molecule has 0 aromatic heterocycles. The Kier molecular flexibility index (Phi) is 5.71. The van der Waals surface area contributed by atoms with E-state index in [1.54, 1.807) is 11.9 Å². The van der Waals surface area contributed by atoms with E-state index in [0.717, 1.165) is 24.8 Å². The molecule has 2 unspecified atom stereocenters. The number of hydrogen-bond donors (Lipinski definition) is 2. The van der Waals surface area contributed by atoms with E-state index in [1.165, 1.54) is 5.56 Å². The van der Waals surface area contributed by atoms with Crippen molar-refractivity contribution in [3.05, 3.63) is 71.8 Å². The molecule has 132 valence electrons. The van der Waals surface area contributed by atoms with Gasteiger partial charge in [0.25, 0.3) is 0 Å². The summed E-state index contributed by atoms with van der Waals surface area (Å²) in [5.74, 6) is 0.365. The normalized spacial score (nSPS) is 16.1. The molecule has 0 radical (unpaired) electrons. The second kappa shape index (κ2) is 8.17. The van der Waals surface area contributed by atoms with Crippen LogP contribution in [0.3, 0.4) is 0 Å². The predicted octanol–water partition coefficient (Wildman–Crippen LogP) is 3.38. The summed E-state index contributed by atoms with van der Waals surface area (Å²) in [4.78, 5) is 14.2. The zero-order chi connectivity index (χ0) is 17.6. The summed E-state index contributed by atoms with van der Waals surface area (Å²) >= 11 is 0. The zero-order valence-corrected chi connectivity index (χ0v) is 14.6. The lowest BCUT2D eigenvalue weighted by atomic mass is 9.99. The van der Waals surface area contributed by atoms with Crippen LogP contribution < -0.4 is 5.32 Å². The number of amides is 2. The highest BCUT2D eigenvalue weighted by Crippen LogP contribution is 2.32. The van der Waals surface area contributed by atoms with Gasteiger partial charge in [0, 0.05) is 13.6 Å². The van der Waals surface area contributed by atoms with Gasteiger partial charge in [0.15, 0.2) is 0 Å². The van der Waals surface area contributed by atoms with Gasteiger partial charge in [-0.2, -0.15) is 0 Å². The molecule has 0 aliphatic heterocycles. The molecule has 1 aliphatic carbocycles. The number of carbonyl (C=O) groups excluding carboxylic acids is 1. The fraction of sp³-hybridized carbons (Fsp3) is 0.381. The van der Waals surface area contributed by atoms with Gasteiger partial charge in [-0.15, -0.1) is 0 Å². The van der Waals surface area contributed by atoms with Gasteiger partial charge in [0.2, 0.25) is 0 Å². The third-order valence-corrected chi connectivity index (χ3v) is 4.76. The van der Waals surface area contributed by atoms with Crippen molar-refractivity contribution in [2.75, 3.05) is 13.6 Å². The molecule has 1 fully saturated rings. The molecular formula is C21H26N2O2. The first-order chi connectivity index (χ1) is 12.1. The summed E-state index contributed by atoms with van der Waals surface area (Å²) in [6.07, 6.45) is 2.45. The van der Waals surface area contributed by atoms with E-state index >= 15 is 0 Å². The summed E-state index contributed by atoms with van der Waals surface area (Å²) in [6, 6.07) is 19.9. The van der Waals surface area contributed by atoms with Gasteiger partial charge in [-0.1, -0.05) is 60.7 Å². The SMILES string of the molecule is CN(CC(O)C1CC1)C(=O)NC(Cc1ccccc1)c1ccccc1. The number of nitrogens with one attached hydrogen (secondary N) is 1. The van der Waals surface area contributed by atoms with Crippen LogP contribution >= 0.6 is 0 Å². The van der Waals surface area contributed by atoms with Crippen LogP contribution in [-0.2, 0) is 6.42 Å². The molecule has 0 spiro atoms. The zero-order valence-electron chi connectivity index (χ0n) is 14.6. The third-order valence-electron chi connectivity index (χ3n) is 4.76. The largest absolute Gasteiger partial charge is 0.391 e.